The minimum absolute atomic E-state index is 0.138. The molecule has 0 bridgehead atoms. The number of hydrogen-bond acceptors (Lipinski definition) is 4. The molecule has 7 heteroatoms. The maximum Gasteiger partial charge on any atom is 0.251 e. The SMILES string of the molecule is O=C(NCC1CCCCC1)c1ccc(S(=O)(=O)N2CCOCC2)cc1. The molecule has 0 radical (unpaired) electrons. The fourth-order valence-electron chi connectivity index (χ4n) is 3.44. The third-order valence-electron chi connectivity index (χ3n) is 5.00. The van der Waals surface area contributed by atoms with Crippen molar-refractivity contribution >= 4 is 15.9 Å². The van der Waals surface area contributed by atoms with E-state index in [1.54, 1.807) is 12.1 Å². The van der Waals surface area contributed by atoms with Gasteiger partial charge in [0.15, 0.2) is 0 Å². The molecule has 1 aromatic rings. The number of sulfonamides is 1. The van der Waals surface area contributed by atoms with E-state index in [2.05, 4.69) is 5.32 Å². The van der Waals surface area contributed by atoms with Crippen molar-refractivity contribution in [2.45, 2.75) is 37.0 Å². The summed E-state index contributed by atoms with van der Waals surface area (Å²) >= 11 is 0. The van der Waals surface area contributed by atoms with Crippen LogP contribution in [0.1, 0.15) is 42.5 Å². The molecule has 3 rings (SSSR count). The van der Waals surface area contributed by atoms with Crippen molar-refractivity contribution in [2.24, 2.45) is 5.92 Å². The Hall–Kier alpha value is -1.44. The van der Waals surface area contributed by atoms with E-state index in [4.69, 9.17) is 4.74 Å². The maximum absolute atomic E-state index is 12.6. The average Bonchev–Trinajstić information content (AvgIpc) is 2.68. The Balaban J connectivity index is 1.60. The van der Waals surface area contributed by atoms with Crippen LogP contribution in [0, 0.1) is 5.92 Å². The highest BCUT2D eigenvalue weighted by Gasteiger charge is 2.26. The van der Waals surface area contributed by atoms with Crippen LogP contribution >= 0.6 is 0 Å². The lowest BCUT2D eigenvalue weighted by Gasteiger charge is -2.26. The maximum atomic E-state index is 12.6. The van der Waals surface area contributed by atoms with Crippen LogP contribution in [0.5, 0.6) is 0 Å². The second-order valence-electron chi connectivity index (χ2n) is 6.75. The zero-order valence-electron chi connectivity index (χ0n) is 14.4. The molecule has 0 atom stereocenters. The highest BCUT2D eigenvalue weighted by atomic mass is 32.2. The molecule has 1 aromatic carbocycles. The van der Waals surface area contributed by atoms with E-state index in [-0.39, 0.29) is 10.8 Å². The van der Waals surface area contributed by atoms with Crippen molar-refractivity contribution in [3.05, 3.63) is 29.8 Å². The summed E-state index contributed by atoms with van der Waals surface area (Å²) in [4.78, 5) is 12.5. The quantitative estimate of drug-likeness (QED) is 0.865. The van der Waals surface area contributed by atoms with E-state index in [1.807, 2.05) is 0 Å². The minimum atomic E-state index is -3.51. The Morgan fingerprint density at radius 2 is 1.72 bits per heavy atom. The van der Waals surface area contributed by atoms with Crippen LogP contribution in [-0.4, -0.2) is 51.5 Å². The number of morpholine rings is 1. The fraction of sp³-hybridized carbons (Fsp3) is 0.611. The Kier molecular flexibility index (Phi) is 6.09. The number of amides is 1. The Bertz CT molecular complexity index is 676. The number of nitrogens with zero attached hydrogens (tertiary/aromatic N) is 1. The zero-order valence-corrected chi connectivity index (χ0v) is 15.3. The zero-order chi connectivity index (χ0) is 17.7. The summed E-state index contributed by atoms with van der Waals surface area (Å²) in [7, 11) is -3.51. The summed E-state index contributed by atoms with van der Waals surface area (Å²) in [5.41, 5.74) is 0.497. The number of nitrogens with one attached hydrogen (secondary N) is 1. The van der Waals surface area contributed by atoms with Crippen LogP contribution in [0.15, 0.2) is 29.2 Å². The molecule has 0 spiro atoms. The second kappa shape index (κ2) is 8.29. The first kappa shape index (κ1) is 18.4. The first-order valence-electron chi connectivity index (χ1n) is 9.03. The molecule has 138 valence electrons. The van der Waals surface area contributed by atoms with Crippen molar-refractivity contribution < 1.29 is 17.9 Å². The van der Waals surface area contributed by atoms with Gasteiger partial charge in [-0.05, 0) is 43.0 Å². The van der Waals surface area contributed by atoms with Gasteiger partial charge in [0.1, 0.15) is 0 Å². The Morgan fingerprint density at radius 1 is 1.08 bits per heavy atom. The average molecular weight is 366 g/mol. The molecule has 6 nitrogen and oxygen atoms in total. The Morgan fingerprint density at radius 3 is 2.36 bits per heavy atom. The minimum Gasteiger partial charge on any atom is -0.379 e. The van der Waals surface area contributed by atoms with Gasteiger partial charge in [0, 0.05) is 25.2 Å². The third kappa shape index (κ3) is 4.59. The highest BCUT2D eigenvalue weighted by molar-refractivity contribution is 7.89. The van der Waals surface area contributed by atoms with Gasteiger partial charge in [0.2, 0.25) is 10.0 Å². The molecule has 1 aliphatic heterocycles. The van der Waals surface area contributed by atoms with Gasteiger partial charge in [-0.15, -0.1) is 0 Å². The van der Waals surface area contributed by atoms with Crippen molar-refractivity contribution in [3.8, 4) is 0 Å². The van der Waals surface area contributed by atoms with Crippen molar-refractivity contribution in [1.82, 2.24) is 9.62 Å². The van der Waals surface area contributed by atoms with Crippen LogP contribution in [0.3, 0.4) is 0 Å². The summed E-state index contributed by atoms with van der Waals surface area (Å²) in [5, 5.41) is 2.97. The number of hydrogen-bond donors (Lipinski definition) is 1. The number of carbonyl (C=O) groups excluding carboxylic acids is 1. The summed E-state index contributed by atoms with van der Waals surface area (Å²) in [6.07, 6.45) is 6.14. The molecule has 1 amide bonds. The van der Waals surface area contributed by atoms with Crippen molar-refractivity contribution in [1.29, 1.82) is 0 Å². The van der Waals surface area contributed by atoms with Gasteiger partial charge in [-0.25, -0.2) is 8.42 Å². The topological polar surface area (TPSA) is 75.7 Å². The van der Waals surface area contributed by atoms with Crippen LogP contribution in [0.4, 0.5) is 0 Å². The predicted molar refractivity (Wildman–Crippen MR) is 94.9 cm³/mol. The van der Waals surface area contributed by atoms with E-state index in [9.17, 15) is 13.2 Å². The molecule has 1 heterocycles. The van der Waals surface area contributed by atoms with Crippen LogP contribution in [0.2, 0.25) is 0 Å². The monoisotopic (exact) mass is 366 g/mol. The molecule has 1 saturated heterocycles. The molecule has 2 aliphatic rings. The molecule has 1 aliphatic carbocycles. The van der Waals surface area contributed by atoms with E-state index in [0.29, 0.717) is 44.3 Å². The number of benzene rings is 1. The van der Waals surface area contributed by atoms with Crippen LogP contribution in [-0.2, 0) is 14.8 Å². The number of rotatable bonds is 5. The van der Waals surface area contributed by atoms with Crippen molar-refractivity contribution in [2.75, 3.05) is 32.8 Å². The van der Waals surface area contributed by atoms with Crippen LogP contribution in [0.25, 0.3) is 0 Å². The molecule has 2 fully saturated rings. The largest absolute Gasteiger partial charge is 0.379 e. The second-order valence-corrected chi connectivity index (χ2v) is 8.69. The van der Waals surface area contributed by atoms with Gasteiger partial charge in [-0.2, -0.15) is 4.31 Å². The Labute approximate surface area is 149 Å². The first-order chi connectivity index (χ1) is 12.1. The standard InChI is InChI=1S/C18H26N2O4S/c21-18(19-14-15-4-2-1-3-5-15)16-6-8-17(9-7-16)25(22,23)20-10-12-24-13-11-20/h6-9,15H,1-5,10-14H2,(H,19,21). The van der Waals surface area contributed by atoms with Crippen molar-refractivity contribution in [3.63, 3.8) is 0 Å². The van der Waals surface area contributed by atoms with Gasteiger partial charge in [-0.1, -0.05) is 19.3 Å². The first-order valence-corrected chi connectivity index (χ1v) is 10.5. The molecular weight excluding hydrogens is 340 g/mol. The van der Waals surface area contributed by atoms with Gasteiger partial charge >= 0.3 is 0 Å². The van der Waals surface area contributed by atoms with Gasteiger partial charge in [-0.3, -0.25) is 4.79 Å². The number of ether oxygens (including phenoxy) is 1. The molecule has 0 aromatic heterocycles. The summed E-state index contributed by atoms with van der Waals surface area (Å²) in [6, 6.07) is 6.20. The van der Waals surface area contributed by atoms with E-state index in [0.717, 1.165) is 0 Å². The van der Waals surface area contributed by atoms with E-state index < -0.39 is 10.0 Å². The van der Waals surface area contributed by atoms with E-state index >= 15 is 0 Å². The summed E-state index contributed by atoms with van der Waals surface area (Å²) in [5.74, 6) is 0.430. The van der Waals surface area contributed by atoms with Crippen LogP contribution < -0.4 is 5.32 Å². The highest BCUT2D eigenvalue weighted by Crippen LogP contribution is 2.23. The summed E-state index contributed by atoms with van der Waals surface area (Å²) < 4.78 is 31.8. The fourth-order valence-corrected chi connectivity index (χ4v) is 4.85. The third-order valence-corrected chi connectivity index (χ3v) is 6.91. The smallest absolute Gasteiger partial charge is 0.251 e. The normalized spacial score (nSPS) is 20.3. The van der Waals surface area contributed by atoms with Gasteiger partial charge < -0.3 is 10.1 Å². The van der Waals surface area contributed by atoms with E-state index in [1.165, 1.54) is 48.5 Å². The molecule has 0 unspecified atom stereocenters. The lowest BCUT2D eigenvalue weighted by molar-refractivity contribution is 0.0730. The van der Waals surface area contributed by atoms with Gasteiger partial charge in [0.25, 0.3) is 5.91 Å². The molecule has 1 saturated carbocycles. The molecule has 25 heavy (non-hydrogen) atoms. The number of carbonyl (C=O) groups is 1. The lowest BCUT2D eigenvalue weighted by Crippen LogP contribution is -2.40. The lowest BCUT2D eigenvalue weighted by atomic mass is 9.89. The molecular formula is C18H26N2O4S. The molecule has 1 N–H and O–H groups in total. The summed E-state index contributed by atoms with van der Waals surface area (Å²) in [6.45, 7) is 2.27. The van der Waals surface area contributed by atoms with Gasteiger partial charge in [0.05, 0.1) is 18.1 Å². The predicted octanol–water partition coefficient (Wildman–Crippen LogP) is 2.02.